The van der Waals surface area contributed by atoms with Crippen LogP contribution in [0, 0.1) is 13.8 Å². The van der Waals surface area contributed by atoms with Crippen LogP contribution in [0.25, 0.3) is 22.2 Å². The number of pyridine rings is 1. The molecule has 1 heterocycles. The normalized spacial score (nSPS) is 10.9. The molecule has 3 nitrogen and oxygen atoms in total. The molecule has 110 valence electrons. The number of fused-ring (bicyclic) bond motifs is 1. The standard InChI is InChI=1S/C18H14ClNO2/c1-10-7-14-15(18(21)22)9-16(20-17(14)8-11(10)2)12-3-5-13(19)6-4-12/h3-9H,1-2H3,(H,21,22). The lowest BCUT2D eigenvalue weighted by molar-refractivity contribution is 0.0699. The number of halogens is 1. The van der Waals surface area contributed by atoms with Crippen LogP contribution < -0.4 is 0 Å². The molecular weight excluding hydrogens is 298 g/mol. The number of carboxylic acids is 1. The minimum Gasteiger partial charge on any atom is -0.478 e. The second kappa shape index (κ2) is 5.43. The summed E-state index contributed by atoms with van der Waals surface area (Å²) in [7, 11) is 0. The number of rotatable bonds is 2. The Balaban J connectivity index is 2.31. The van der Waals surface area contributed by atoms with Crippen molar-refractivity contribution in [3.8, 4) is 11.3 Å². The van der Waals surface area contributed by atoms with Crippen LogP contribution in [0.1, 0.15) is 21.5 Å². The van der Waals surface area contributed by atoms with E-state index in [0.717, 1.165) is 16.7 Å². The van der Waals surface area contributed by atoms with Gasteiger partial charge in [-0.05, 0) is 55.3 Å². The average molecular weight is 312 g/mol. The Kier molecular flexibility index (Phi) is 3.59. The summed E-state index contributed by atoms with van der Waals surface area (Å²) >= 11 is 5.90. The fraction of sp³-hybridized carbons (Fsp3) is 0.111. The van der Waals surface area contributed by atoms with E-state index in [1.807, 2.05) is 38.1 Å². The number of aromatic nitrogens is 1. The summed E-state index contributed by atoms with van der Waals surface area (Å²) in [5.74, 6) is -0.953. The predicted molar refractivity (Wildman–Crippen MR) is 88.6 cm³/mol. The van der Waals surface area contributed by atoms with Gasteiger partial charge in [-0.2, -0.15) is 0 Å². The van der Waals surface area contributed by atoms with Gasteiger partial charge in [-0.25, -0.2) is 9.78 Å². The smallest absolute Gasteiger partial charge is 0.336 e. The fourth-order valence-corrected chi connectivity index (χ4v) is 2.56. The van der Waals surface area contributed by atoms with Crippen LogP contribution in [0.15, 0.2) is 42.5 Å². The van der Waals surface area contributed by atoms with Crippen LogP contribution >= 0.6 is 11.6 Å². The molecule has 0 radical (unpaired) electrons. The molecule has 4 heteroatoms. The Morgan fingerprint density at radius 1 is 1.05 bits per heavy atom. The van der Waals surface area contributed by atoms with E-state index in [9.17, 15) is 9.90 Å². The predicted octanol–water partition coefficient (Wildman–Crippen LogP) is 4.87. The highest BCUT2D eigenvalue weighted by Gasteiger charge is 2.14. The SMILES string of the molecule is Cc1cc2nc(-c3ccc(Cl)cc3)cc(C(=O)O)c2cc1C. The molecule has 0 bridgehead atoms. The van der Waals surface area contributed by atoms with Crippen molar-refractivity contribution >= 4 is 28.5 Å². The molecule has 22 heavy (non-hydrogen) atoms. The van der Waals surface area contributed by atoms with Crippen LogP contribution in [0.2, 0.25) is 5.02 Å². The van der Waals surface area contributed by atoms with Crippen molar-refractivity contribution in [2.45, 2.75) is 13.8 Å². The van der Waals surface area contributed by atoms with Crippen molar-refractivity contribution < 1.29 is 9.90 Å². The number of carboxylic acid groups (broad SMARTS) is 1. The third kappa shape index (κ3) is 2.55. The number of nitrogens with zero attached hydrogens (tertiary/aromatic N) is 1. The molecule has 0 saturated carbocycles. The second-order valence-electron chi connectivity index (χ2n) is 5.32. The molecule has 0 atom stereocenters. The average Bonchev–Trinajstić information content (AvgIpc) is 2.48. The highest BCUT2D eigenvalue weighted by Crippen LogP contribution is 2.27. The Morgan fingerprint density at radius 3 is 2.32 bits per heavy atom. The number of aryl methyl sites for hydroxylation is 2. The number of hydrogen-bond donors (Lipinski definition) is 1. The van der Waals surface area contributed by atoms with Gasteiger partial charge in [0.25, 0.3) is 0 Å². The van der Waals surface area contributed by atoms with Gasteiger partial charge in [0.15, 0.2) is 0 Å². The number of benzene rings is 2. The van der Waals surface area contributed by atoms with Gasteiger partial charge in [-0.1, -0.05) is 23.7 Å². The molecule has 1 N–H and O–H groups in total. The number of carbonyl (C=O) groups is 1. The van der Waals surface area contributed by atoms with Gasteiger partial charge >= 0.3 is 5.97 Å². The molecule has 2 aromatic carbocycles. The zero-order chi connectivity index (χ0) is 15.9. The Bertz CT molecular complexity index is 886. The molecule has 0 aliphatic carbocycles. The molecular formula is C18H14ClNO2. The molecule has 0 aliphatic heterocycles. The summed E-state index contributed by atoms with van der Waals surface area (Å²) in [6, 6.07) is 12.6. The van der Waals surface area contributed by atoms with E-state index in [4.69, 9.17) is 11.6 Å². The first-order valence-corrected chi connectivity index (χ1v) is 7.25. The Labute approximate surface area is 133 Å². The van der Waals surface area contributed by atoms with E-state index in [-0.39, 0.29) is 5.56 Å². The first-order valence-electron chi connectivity index (χ1n) is 6.87. The van der Waals surface area contributed by atoms with E-state index in [2.05, 4.69) is 4.98 Å². The van der Waals surface area contributed by atoms with Gasteiger partial charge in [0.05, 0.1) is 16.8 Å². The third-order valence-electron chi connectivity index (χ3n) is 3.79. The zero-order valence-electron chi connectivity index (χ0n) is 12.2. The summed E-state index contributed by atoms with van der Waals surface area (Å²) in [6.07, 6.45) is 0. The largest absolute Gasteiger partial charge is 0.478 e. The quantitative estimate of drug-likeness (QED) is 0.734. The van der Waals surface area contributed by atoms with E-state index < -0.39 is 5.97 Å². The topological polar surface area (TPSA) is 50.2 Å². The first-order chi connectivity index (χ1) is 10.5. The maximum Gasteiger partial charge on any atom is 0.336 e. The minimum absolute atomic E-state index is 0.262. The fourth-order valence-electron chi connectivity index (χ4n) is 2.43. The van der Waals surface area contributed by atoms with Gasteiger partial charge in [0, 0.05) is 16.0 Å². The van der Waals surface area contributed by atoms with Crippen LogP contribution in [0.5, 0.6) is 0 Å². The molecule has 1 aromatic heterocycles. The van der Waals surface area contributed by atoms with Crippen LogP contribution in [-0.2, 0) is 0 Å². The van der Waals surface area contributed by atoms with Gasteiger partial charge in [-0.3, -0.25) is 0 Å². The highest BCUT2D eigenvalue weighted by atomic mass is 35.5. The van der Waals surface area contributed by atoms with E-state index in [1.165, 1.54) is 0 Å². The van der Waals surface area contributed by atoms with E-state index in [1.54, 1.807) is 18.2 Å². The maximum atomic E-state index is 11.6. The van der Waals surface area contributed by atoms with Gasteiger partial charge < -0.3 is 5.11 Å². The lowest BCUT2D eigenvalue weighted by Gasteiger charge is -2.10. The molecule has 0 spiro atoms. The lowest BCUT2D eigenvalue weighted by Crippen LogP contribution is -2.01. The van der Waals surface area contributed by atoms with E-state index in [0.29, 0.717) is 21.6 Å². The Hall–Kier alpha value is -2.39. The number of aromatic carboxylic acids is 1. The van der Waals surface area contributed by atoms with Gasteiger partial charge in [-0.15, -0.1) is 0 Å². The van der Waals surface area contributed by atoms with Crippen molar-refractivity contribution in [2.75, 3.05) is 0 Å². The summed E-state index contributed by atoms with van der Waals surface area (Å²) < 4.78 is 0. The lowest BCUT2D eigenvalue weighted by atomic mass is 10.00. The van der Waals surface area contributed by atoms with Gasteiger partial charge in [0.2, 0.25) is 0 Å². The van der Waals surface area contributed by atoms with E-state index >= 15 is 0 Å². The summed E-state index contributed by atoms with van der Waals surface area (Å²) in [5, 5.41) is 10.8. The molecule has 0 amide bonds. The third-order valence-corrected chi connectivity index (χ3v) is 4.05. The molecule has 3 rings (SSSR count). The summed E-state index contributed by atoms with van der Waals surface area (Å²) in [5.41, 5.74) is 4.56. The van der Waals surface area contributed by atoms with Crippen molar-refractivity contribution in [1.82, 2.24) is 4.98 Å². The van der Waals surface area contributed by atoms with Gasteiger partial charge in [0.1, 0.15) is 0 Å². The van der Waals surface area contributed by atoms with Crippen molar-refractivity contribution in [3.05, 3.63) is 64.2 Å². The minimum atomic E-state index is -0.953. The highest BCUT2D eigenvalue weighted by molar-refractivity contribution is 6.30. The monoisotopic (exact) mass is 311 g/mol. The second-order valence-corrected chi connectivity index (χ2v) is 5.76. The molecule has 0 fully saturated rings. The molecule has 0 unspecified atom stereocenters. The Morgan fingerprint density at radius 2 is 1.68 bits per heavy atom. The maximum absolute atomic E-state index is 11.6. The summed E-state index contributed by atoms with van der Waals surface area (Å²) in [6.45, 7) is 3.96. The van der Waals surface area contributed by atoms with Crippen LogP contribution in [0.4, 0.5) is 0 Å². The molecule has 0 aliphatic rings. The van der Waals surface area contributed by atoms with Crippen LogP contribution in [0.3, 0.4) is 0 Å². The number of hydrogen-bond acceptors (Lipinski definition) is 2. The van der Waals surface area contributed by atoms with Crippen LogP contribution in [-0.4, -0.2) is 16.1 Å². The van der Waals surface area contributed by atoms with Crippen molar-refractivity contribution in [1.29, 1.82) is 0 Å². The summed E-state index contributed by atoms with van der Waals surface area (Å²) in [4.78, 5) is 16.2. The zero-order valence-corrected chi connectivity index (χ0v) is 13.0. The molecule has 0 saturated heterocycles. The van der Waals surface area contributed by atoms with Crippen molar-refractivity contribution in [3.63, 3.8) is 0 Å². The molecule has 3 aromatic rings. The first kappa shape index (κ1) is 14.5. The van der Waals surface area contributed by atoms with Crippen molar-refractivity contribution in [2.24, 2.45) is 0 Å².